The van der Waals surface area contributed by atoms with Crippen LogP contribution in [0.15, 0.2) is 183 Å². The van der Waals surface area contributed by atoms with Gasteiger partial charge in [-0.2, -0.15) is 15.6 Å². The molecule has 19 rings (SSSR count). The highest BCUT2D eigenvalue weighted by Gasteiger charge is 2.44. The Hall–Kier alpha value is -11.3. The molecule has 0 radical (unpaired) electrons. The van der Waals surface area contributed by atoms with Gasteiger partial charge in [0.25, 0.3) is 0 Å². The number of pyridine rings is 1. The molecule has 22 heteroatoms. The highest BCUT2D eigenvalue weighted by atomic mass is 19.1. The van der Waals surface area contributed by atoms with Gasteiger partial charge in [0.05, 0.1) is 76.3 Å². The summed E-state index contributed by atoms with van der Waals surface area (Å²) in [5.74, 6) is 4.94. The standard InChI is InChI=1S/C30H33N7O.C27H25N7.C26H27FN6/c1-20(2)27(18-38)32-14-22-9-10-35(15-22)26-7-8-28-25(11-26)17-36-16-24(23-5-3-21(13-31)4-6-23)12-29(36)30-34-33-19-37(28)30;28-12-19-2-4-20(5-3-19)21-11-25-26-30-18-31-34(26)24-7-6-23(10-22(24)14-32(25)13-21)33-16-27(17-33)8-1-9-29-15-27;1-17-13-32(16-24(17)30(2)3)25-9-8-22-21(29-25)15-31-14-19(18-4-6-20(27)7-5-18)12-23(31)26-28-10-11-33(22)26/h3-8,11-12,16,19-20,22,27,32,38H,9-10,14-15,17-18H2,1-2H3;2-7,10-11,13,18,29H,1,8-9,14-17H2;4-12,14,17,24H,13,15-16H2,1-3H3/t22-,27+;;17-,24-/m0.1/s1. The summed E-state index contributed by atoms with van der Waals surface area (Å²) in [5.41, 5.74) is 20.6. The normalized spacial score (nSPS) is 18.0. The van der Waals surface area contributed by atoms with Gasteiger partial charge in [-0.15, -0.1) is 10.2 Å². The Morgan fingerprint density at radius 1 is 0.667 bits per heavy atom. The van der Waals surface area contributed by atoms with Crippen LogP contribution in [0.25, 0.3) is 85.0 Å². The van der Waals surface area contributed by atoms with Gasteiger partial charge < -0.3 is 49.0 Å². The number of likely N-dealkylation sites (N-methyl/N-ethyl adjacent to an activating group) is 1. The van der Waals surface area contributed by atoms with Crippen molar-refractivity contribution in [3.8, 4) is 97.1 Å². The van der Waals surface area contributed by atoms with E-state index in [1.54, 1.807) is 12.7 Å². The van der Waals surface area contributed by atoms with Crippen molar-refractivity contribution in [1.82, 2.24) is 73.3 Å². The number of aliphatic hydroxyl groups excluding tert-OH is 1. The smallest absolute Gasteiger partial charge is 0.185 e. The molecule has 7 aliphatic rings. The van der Waals surface area contributed by atoms with E-state index in [1.807, 2.05) is 77.7 Å². The van der Waals surface area contributed by atoms with Crippen LogP contribution < -0.4 is 25.3 Å². The summed E-state index contributed by atoms with van der Waals surface area (Å²) in [7, 11) is 4.31. The van der Waals surface area contributed by atoms with Crippen LogP contribution >= 0.6 is 0 Å². The molecule has 4 saturated heterocycles. The fourth-order valence-corrected chi connectivity index (χ4v) is 16.8. The highest BCUT2D eigenvalue weighted by Crippen LogP contribution is 2.43. The molecule has 7 aliphatic heterocycles. The maximum Gasteiger partial charge on any atom is 0.185 e. The second-order valence-electron chi connectivity index (χ2n) is 30.1. The fraction of sp³-hybridized carbons (Fsp3) is 0.325. The van der Waals surface area contributed by atoms with Crippen molar-refractivity contribution >= 4 is 17.2 Å². The van der Waals surface area contributed by atoms with Crippen molar-refractivity contribution in [2.75, 3.05) is 94.3 Å². The van der Waals surface area contributed by atoms with Crippen molar-refractivity contribution in [2.24, 2.45) is 23.2 Å². The lowest BCUT2D eigenvalue weighted by atomic mass is 9.74. The van der Waals surface area contributed by atoms with Crippen molar-refractivity contribution < 1.29 is 9.50 Å². The van der Waals surface area contributed by atoms with Gasteiger partial charge in [0.15, 0.2) is 17.5 Å². The maximum absolute atomic E-state index is 13.4. The number of aromatic nitrogens is 12. The highest BCUT2D eigenvalue weighted by molar-refractivity contribution is 5.76. The Kier molecular flexibility index (Phi) is 17.7. The van der Waals surface area contributed by atoms with E-state index in [1.165, 1.54) is 47.5 Å². The molecule has 4 fully saturated rings. The van der Waals surface area contributed by atoms with Crippen LogP contribution in [-0.4, -0.2) is 159 Å². The minimum atomic E-state index is -0.228. The van der Waals surface area contributed by atoms with E-state index in [2.05, 4.69) is 211 Å². The number of nitrogens with one attached hydrogen (secondary N) is 2. The van der Waals surface area contributed by atoms with Crippen molar-refractivity contribution in [1.29, 1.82) is 10.5 Å². The summed E-state index contributed by atoms with van der Waals surface area (Å²) >= 11 is 0. The van der Waals surface area contributed by atoms with E-state index in [0.29, 0.717) is 46.9 Å². The molecule has 4 atom stereocenters. The molecule has 12 aromatic rings. The Morgan fingerprint density at radius 3 is 1.91 bits per heavy atom. The van der Waals surface area contributed by atoms with Crippen LogP contribution in [0.1, 0.15) is 68.0 Å². The minimum Gasteiger partial charge on any atom is -0.395 e. The molecule has 1 spiro atoms. The predicted octanol–water partition coefficient (Wildman–Crippen LogP) is 12.2. The lowest BCUT2D eigenvalue weighted by Crippen LogP contribution is -2.62. The van der Waals surface area contributed by atoms with E-state index in [-0.39, 0.29) is 18.5 Å². The van der Waals surface area contributed by atoms with E-state index in [0.717, 1.165) is 175 Å². The van der Waals surface area contributed by atoms with Gasteiger partial charge in [-0.05, 0) is 189 Å². The quantitative estimate of drug-likeness (QED) is 0.104. The van der Waals surface area contributed by atoms with Crippen LogP contribution in [0.4, 0.5) is 21.6 Å². The molecular weight excluding hydrogens is 1310 g/mol. The number of nitriles is 2. The zero-order valence-electron chi connectivity index (χ0n) is 59.9. The summed E-state index contributed by atoms with van der Waals surface area (Å²) in [4.78, 5) is 24.1. The number of imidazole rings is 1. The number of fused-ring (bicyclic) bond motifs is 15. The summed E-state index contributed by atoms with van der Waals surface area (Å²) in [6.45, 7) is 18.5. The second kappa shape index (κ2) is 27.7. The number of anilines is 3. The maximum atomic E-state index is 13.4. The van der Waals surface area contributed by atoms with Gasteiger partial charge in [0.2, 0.25) is 0 Å². The van der Waals surface area contributed by atoms with E-state index in [9.17, 15) is 9.50 Å². The molecule has 105 heavy (non-hydrogen) atoms. The third-order valence-corrected chi connectivity index (χ3v) is 22.7. The number of aliphatic hydroxyl groups is 1. The topological polar surface area (TPSA) is 212 Å². The number of hydrogen-bond donors (Lipinski definition) is 3. The molecule has 21 nitrogen and oxygen atoms in total. The summed E-state index contributed by atoms with van der Waals surface area (Å²) in [6.07, 6.45) is 17.5. The monoisotopic (exact) mass is 1400 g/mol. The Labute approximate surface area is 610 Å². The summed E-state index contributed by atoms with van der Waals surface area (Å²) in [6, 6.07) is 51.4. The molecule has 0 saturated carbocycles. The van der Waals surface area contributed by atoms with Crippen LogP contribution in [0.2, 0.25) is 0 Å². The van der Waals surface area contributed by atoms with Crippen molar-refractivity contribution in [3.63, 3.8) is 0 Å². The van der Waals surface area contributed by atoms with Crippen LogP contribution in [0.5, 0.6) is 0 Å². The fourth-order valence-electron chi connectivity index (χ4n) is 16.8. The van der Waals surface area contributed by atoms with Gasteiger partial charge in [-0.3, -0.25) is 9.13 Å². The molecule has 3 N–H and O–H groups in total. The molecule has 0 bridgehead atoms. The number of halogens is 1. The molecule has 5 aromatic carbocycles. The molecule has 530 valence electrons. The molecule has 0 amide bonds. The Bertz CT molecular complexity index is 5260. The average molecular weight is 1400 g/mol. The number of rotatable bonds is 12. The van der Waals surface area contributed by atoms with Crippen LogP contribution in [-0.2, 0) is 19.6 Å². The van der Waals surface area contributed by atoms with E-state index >= 15 is 0 Å². The lowest BCUT2D eigenvalue weighted by molar-refractivity contribution is 0.157. The zero-order chi connectivity index (χ0) is 71.6. The number of nitrogens with zero attached hydrogens (tertiary/aromatic N) is 18. The lowest BCUT2D eigenvalue weighted by Gasteiger charge is -2.53. The molecule has 0 aliphatic carbocycles. The number of benzene rings is 5. The minimum absolute atomic E-state index is 0.152. The van der Waals surface area contributed by atoms with Gasteiger partial charge in [-0.1, -0.05) is 57.2 Å². The SMILES string of the molecule is CC(C)[C@@H](CO)NC[C@@H]1CCN(c2ccc3c(c2)Cn2cc(-c4ccc(C#N)cc4)cc2-c2nncn2-3)C1.C[C@@H]1CN(c2ccc3c(n2)Cn2cc(-c4ccc(F)cc4)cc2-c2nccn2-3)C[C@H]1N(C)C.N#Cc1ccc(-c2cc3n(c2)Cc2cc(N4CC5(CCCNC5)C4)ccc2-n2ncnc2-3)cc1. The largest absolute Gasteiger partial charge is 0.395 e. The first kappa shape index (κ1) is 66.9. The third-order valence-electron chi connectivity index (χ3n) is 22.7. The van der Waals surface area contributed by atoms with E-state index in [4.69, 9.17) is 15.5 Å². The average Bonchev–Trinajstić information content (AvgIpc) is 1.73. The molecule has 0 unspecified atom stereocenters. The first-order chi connectivity index (χ1) is 51.2. The van der Waals surface area contributed by atoms with Crippen molar-refractivity contribution in [3.05, 3.63) is 217 Å². The van der Waals surface area contributed by atoms with E-state index < -0.39 is 0 Å². The molecular formula is C83H85FN20O. The van der Waals surface area contributed by atoms with Crippen LogP contribution in [0.3, 0.4) is 0 Å². The Balaban J connectivity index is 0.000000116. The van der Waals surface area contributed by atoms with Crippen molar-refractivity contribution in [2.45, 2.75) is 71.8 Å². The first-order valence-electron chi connectivity index (χ1n) is 36.7. The molecule has 14 heterocycles. The number of piperidine rings is 1. The predicted molar refractivity (Wildman–Crippen MR) is 407 cm³/mol. The van der Waals surface area contributed by atoms with Gasteiger partial charge in [0.1, 0.15) is 24.3 Å². The third kappa shape index (κ3) is 12.9. The van der Waals surface area contributed by atoms with Gasteiger partial charge in [0, 0.05) is 142 Å². The first-order valence-corrected chi connectivity index (χ1v) is 36.7. The van der Waals surface area contributed by atoms with Gasteiger partial charge >= 0.3 is 0 Å². The summed E-state index contributed by atoms with van der Waals surface area (Å²) < 4.78 is 26.3. The number of hydrogen-bond acceptors (Lipinski definition) is 15. The Morgan fingerprint density at radius 2 is 1.29 bits per heavy atom. The second-order valence-corrected chi connectivity index (χ2v) is 30.1. The van der Waals surface area contributed by atoms with Gasteiger partial charge in [-0.25, -0.2) is 24.0 Å². The zero-order valence-corrected chi connectivity index (χ0v) is 59.9. The van der Waals surface area contributed by atoms with Crippen LogP contribution in [0, 0.1) is 51.6 Å². The summed E-state index contributed by atoms with van der Waals surface area (Å²) in [5, 5.41) is 48.4. The molecule has 7 aromatic heterocycles.